The topological polar surface area (TPSA) is 94.0 Å². The van der Waals surface area contributed by atoms with E-state index in [1.807, 2.05) is 26.0 Å². The third kappa shape index (κ3) is 3.88. The van der Waals surface area contributed by atoms with Crippen molar-refractivity contribution in [1.82, 2.24) is 5.32 Å². The van der Waals surface area contributed by atoms with E-state index in [1.165, 1.54) is 11.8 Å². The van der Waals surface area contributed by atoms with Crippen LogP contribution in [0.4, 0.5) is 5.69 Å². The van der Waals surface area contributed by atoms with E-state index in [-0.39, 0.29) is 24.1 Å². The Bertz CT molecular complexity index is 754. The monoisotopic (exact) mass is 373 g/mol. The number of rotatable bonds is 3. The van der Waals surface area contributed by atoms with Gasteiger partial charge in [0.2, 0.25) is 5.91 Å². The van der Waals surface area contributed by atoms with Crippen molar-refractivity contribution in [2.45, 2.75) is 43.8 Å². The lowest BCUT2D eigenvalue weighted by molar-refractivity contribution is -0.129. The first-order chi connectivity index (χ1) is 12.4. The number of benzene rings is 1. The average molecular weight is 373 g/mol. The van der Waals surface area contributed by atoms with E-state index in [4.69, 9.17) is 6.42 Å². The molecule has 7 heteroatoms. The number of thioether (sulfide) groups is 1. The summed E-state index contributed by atoms with van der Waals surface area (Å²) in [5, 5.41) is 26.8. The predicted octanol–water partition coefficient (Wildman–Crippen LogP) is 1.05. The second kappa shape index (κ2) is 7.70. The standard InChI is InChI=1S/C19H23N3O3S/c1-4-5-20-18(25)13-9-14(23)16(24)15-17(13)26-19(22-15)21-12-7-10(2)6-11(3)8-12/h1,6-8,13-17,23-24H,5,9H2,2-3H3,(H,20,25)(H,21,22). The smallest absolute Gasteiger partial charge is 0.225 e. The lowest BCUT2D eigenvalue weighted by Crippen LogP contribution is -2.54. The van der Waals surface area contributed by atoms with E-state index in [2.05, 4.69) is 27.6 Å². The van der Waals surface area contributed by atoms with Gasteiger partial charge in [0.1, 0.15) is 6.10 Å². The number of amidine groups is 1. The SMILES string of the molecule is C#CCNC(=O)C1CC(O)C(O)C2N=C(Nc3cc(C)cc(C)c3)SC12. The molecular formula is C19H23N3O3S. The molecule has 0 saturated heterocycles. The van der Waals surface area contributed by atoms with Crippen molar-refractivity contribution in [3.8, 4) is 12.3 Å². The van der Waals surface area contributed by atoms with Gasteiger partial charge in [0.15, 0.2) is 5.17 Å². The number of aliphatic hydroxyl groups is 2. The van der Waals surface area contributed by atoms with Crippen molar-refractivity contribution >= 4 is 28.5 Å². The fourth-order valence-electron chi connectivity index (χ4n) is 3.55. The van der Waals surface area contributed by atoms with E-state index in [0.717, 1.165) is 16.8 Å². The zero-order chi connectivity index (χ0) is 18.8. The van der Waals surface area contributed by atoms with Crippen LogP contribution in [0.25, 0.3) is 0 Å². The summed E-state index contributed by atoms with van der Waals surface area (Å²) in [6.45, 7) is 4.19. The summed E-state index contributed by atoms with van der Waals surface area (Å²) in [5.74, 6) is 1.71. The number of anilines is 1. The first kappa shape index (κ1) is 18.8. The van der Waals surface area contributed by atoms with Gasteiger partial charge >= 0.3 is 0 Å². The molecule has 1 fully saturated rings. The molecule has 138 valence electrons. The average Bonchev–Trinajstić information content (AvgIpc) is 2.98. The Hall–Kier alpha value is -2.01. The molecule has 4 N–H and O–H groups in total. The van der Waals surface area contributed by atoms with Crippen LogP contribution >= 0.6 is 11.8 Å². The summed E-state index contributed by atoms with van der Waals surface area (Å²) in [4.78, 5) is 17.0. The van der Waals surface area contributed by atoms with Crippen LogP contribution < -0.4 is 10.6 Å². The van der Waals surface area contributed by atoms with Gasteiger partial charge in [-0.25, -0.2) is 0 Å². The second-order valence-corrected chi connectivity index (χ2v) is 8.00. The van der Waals surface area contributed by atoms with Crippen LogP contribution in [0.2, 0.25) is 0 Å². The van der Waals surface area contributed by atoms with Crippen molar-refractivity contribution in [2.24, 2.45) is 10.9 Å². The number of aryl methyl sites for hydroxylation is 2. The molecule has 0 bridgehead atoms. The first-order valence-corrected chi connectivity index (χ1v) is 9.44. The molecular weight excluding hydrogens is 350 g/mol. The molecule has 1 amide bonds. The number of fused-ring (bicyclic) bond motifs is 1. The maximum Gasteiger partial charge on any atom is 0.225 e. The molecule has 0 aromatic heterocycles. The summed E-state index contributed by atoms with van der Waals surface area (Å²) in [6.07, 6.45) is 3.43. The van der Waals surface area contributed by atoms with E-state index in [1.54, 1.807) is 0 Å². The van der Waals surface area contributed by atoms with Crippen LogP contribution in [-0.4, -0.2) is 51.3 Å². The fourth-order valence-corrected chi connectivity index (χ4v) is 4.93. The highest BCUT2D eigenvalue weighted by atomic mass is 32.2. The van der Waals surface area contributed by atoms with Crippen LogP contribution in [0.1, 0.15) is 17.5 Å². The van der Waals surface area contributed by atoms with Crippen LogP contribution in [0.5, 0.6) is 0 Å². The van der Waals surface area contributed by atoms with Gasteiger partial charge in [-0.05, 0) is 43.5 Å². The van der Waals surface area contributed by atoms with Gasteiger partial charge in [-0.1, -0.05) is 23.7 Å². The van der Waals surface area contributed by atoms with Gasteiger partial charge in [-0.3, -0.25) is 9.79 Å². The highest BCUT2D eigenvalue weighted by Gasteiger charge is 2.50. The number of nitrogens with one attached hydrogen (secondary N) is 2. The lowest BCUT2D eigenvalue weighted by atomic mass is 9.81. The number of nitrogens with zero attached hydrogens (tertiary/aromatic N) is 1. The minimum atomic E-state index is -0.984. The molecule has 0 spiro atoms. The van der Waals surface area contributed by atoms with E-state index in [0.29, 0.717) is 5.17 Å². The van der Waals surface area contributed by atoms with Gasteiger partial charge in [-0.15, -0.1) is 6.42 Å². The minimum absolute atomic E-state index is 0.143. The maximum atomic E-state index is 12.4. The van der Waals surface area contributed by atoms with E-state index >= 15 is 0 Å². The number of aliphatic imine (C=N–C) groups is 1. The Morgan fingerprint density at radius 2 is 2.04 bits per heavy atom. The number of hydrogen-bond donors (Lipinski definition) is 4. The van der Waals surface area contributed by atoms with Crippen molar-refractivity contribution in [2.75, 3.05) is 11.9 Å². The minimum Gasteiger partial charge on any atom is -0.390 e. The third-order valence-corrected chi connectivity index (χ3v) is 5.97. The number of terminal acetylenes is 1. The van der Waals surface area contributed by atoms with E-state index in [9.17, 15) is 15.0 Å². The molecule has 0 radical (unpaired) electrons. The first-order valence-electron chi connectivity index (χ1n) is 8.56. The van der Waals surface area contributed by atoms with Crippen LogP contribution in [0.15, 0.2) is 23.2 Å². The van der Waals surface area contributed by atoms with Crippen LogP contribution in [0, 0.1) is 32.1 Å². The lowest BCUT2D eigenvalue weighted by Gasteiger charge is -2.37. The van der Waals surface area contributed by atoms with Gasteiger partial charge in [0.05, 0.1) is 24.6 Å². The van der Waals surface area contributed by atoms with Crippen molar-refractivity contribution in [1.29, 1.82) is 0 Å². The quantitative estimate of drug-likeness (QED) is 0.594. The van der Waals surface area contributed by atoms with Crippen LogP contribution in [0.3, 0.4) is 0 Å². The van der Waals surface area contributed by atoms with Crippen molar-refractivity contribution in [3.63, 3.8) is 0 Å². The molecule has 6 nitrogen and oxygen atoms in total. The largest absolute Gasteiger partial charge is 0.390 e. The molecule has 5 unspecified atom stereocenters. The molecule has 1 aliphatic carbocycles. The fraction of sp³-hybridized carbons (Fsp3) is 0.474. The molecule has 2 aliphatic rings. The molecule has 3 rings (SSSR count). The Balaban J connectivity index is 1.78. The normalized spacial score (nSPS) is 30.1. The number of aliphatic hydroxyl groups excluding tert-OH is 2. The Morgan fingerprint density at radius 1 is 1.35 bits per heavy atom. The molecule has 1 aliphatic heterocycles. The summed E-state index contributed by atoms with van der Waals surface area (Å²) in [5.41, 5.74) is 3.18. The molecule has 26 heavy (non-hydrogen) atoms. The Labute approximate surface area is 157 Å². The molecule has 1 aromatic carbocycles. The highest BCUT2D eigenvalue weighted by molar-refractivity contribution is 8.15. The summed E-state index contributed by atoms with van der Waals surface area (Å²) in [7, 11) is 0. The number of carbonyl (C=O) groups is 1. The Morgan fingerprint density at radius 3 is 2.69 bits per heavy atom. The predicted molar refractivity (Wildman–Crippen MR) is 104 cm³/mol. The maximum absolute atomic E-state index is 12.4. The van der Waals surface area contributed by atoms with Gasteiger partial charge in [0.25, 0.3) is 0 Å². The van der Waals surface area contributed by atoms with Crippen molar-refractivity contribution in [3.05, 3.63) is 29.3 Å². The number of hydrogen-bond acceptors (Lipinski definition) is 6. The zero-order valence-corrected chi connectivity index (χ0v) is 15.6. The summed E-state index contributed by atoms with van der Waals surface area (Å²) >= 11 is 1.43. The van der Waals surface area contributed by atoms with Crippen LogP contribution in [-0.2, 0) is 4.79 Å². The molecule has 1 saturated carbocycles. The number of carbonyl (C=O) groups excluding carboxylic acids is 1. The van der Waals surface area contributed by atoms with Gasteiger partial charge in [-0.2, -0.15) is 0 Å². The second-order valence-electron chi connectivity index (χ2n) is 6.83. The molecule has 1 aromatic rings. The zero-order valence-electron chi connectivity index (χ0n) is 14.8. The summed E-state index contributed by atoms with van der Waals surface area (Å²) in [6, 6.07) is 5.58. The molecule has 1 heterocycles. The van der Waals surface area contributed by atoms with Gasteiger partial charge < -0.3 is 20.8 Å². The molecule has 5 atom stereocenters. The van der Waals surface area contributed by atoms with Gasteiger partial charge in [0, 0.05) is 10.9 Å². The van der Waals surface area contributed by atoms with E-state index < -0.39 is 24.2 Å². The Kier molecular flexibility index (Phi) is 5.56. The number of amides is 1. The van der Waals surface area contributed by atoms with Crippen molar-refractivity contribution < 1.29 is 15.0 Å². The summed E-state index contributed by atoms with van der Waals surface area (Å²) < 4.78 is 0. The highest BCUT2D eigenvalue weighted by Crippen LogP contribution is 2.41. The third-order valence-electron chi connectivity index (χ3n) is 4.66.